The number of hydrogen-bond acceptors (Lipinski definition) is 3. The summed E-state index contributed by atoms with van der Waals surface area (Å²) in [5.74, 6) is -0.479. The molecule has 1 unspecified atom stereocenters. The summed E-state index contributed by atoms with van der Waals surface area (Å²) in [7, 11) is 0. The van der Waals surface area contributed by atoms with Gasteiger partial charge in [-0.3, -0.25) is 0 Å². The minimum Gasteiger partial charge on any atom is -0.396 e. The molecule has 0 aliphatic rings. The van der Waals surface area contributed by atoms with Crippen LogP contribution in [0.15, 0.2) is 0 Å². The first-order chi connectivity index (χ1) is 5.26. The molecule has 0 saturated carbocycles. The lowest BCUT2D eigenvalue weighted by molar-refractivity contribution is 0.0369. The normalized spacial score (nSPS) is 12.7. The highest BCUT2D eigenvalue weighted by molar-refractivity contribution is 5.58. The molecule has 3 N–H and O–H groups in total. The van der Waals surface area contributed by atoms with Gasteiger partial charge >= 0.3 is 0 Å². The van der Waals surface area contributed by atoms with Crippen molar-refractivity contribution in [2.75, 3.05) is 13.2 Å². The first-order valence-electron chi connectivity index (χ1n) is 3.43. The summed E-state index contributed by atoms with van der Waals surface area (Å²) >= 11 is 0. The predicted molar refractivity (Wildman–Crippen MR) is 43.6 cm³/mol. The molecule has 4 nitrogen and oxygen atoms in total. The van der Waals surface area contributed by atoms with Crippen LogP contribution in [0.3, 0.4) is 0 Å². The number of hydrogen-bond donors (Lipinski definition) is 3. The maximum Gasteiger partial charge on any atom is 0.270 e. The molecule has 11 heavy (non-hydrogen) atoms. The van der Waals surface area contributed by atoms with E-state index in [1.807, 2.05) is 0 Å². The first kappa shape index (κ1) is 10.3. The van der Waals surface area contributed by atoms with E-state index in [2.05, 4.69) is 11.4 Å². The molecule has 0 radical (unpaired) electrons. The maximum atomic E-state index is 9.20. The van der Waals surface area contributed by atoms with Crippen LogP contribution < -0.4 is 4.67 Å². The van der Waals surface area contributed by atoms with E-state index in [1.165, 1.54) is 6.21 Å². The predicted octanol–water partition coefficient (Wildman–Crippen LogP) is -1.82. The Morgan fingerprint density at radius 2 is 1.91 bits per heavy atom. The summed E-state index contributed by atoms with van der Waals surface area (Å²) in [6.45, 7) is 2.76. The van der Waals surface area contributed by atoms with Crippen molar-refractivity contribution >= 4 is 12.9 Å². The van der Waals surface area contributed by atoms with Crippen LogP contribution in [-0.4, -0.2) is 47.6 Å². The van der Waals surface area contributed by atoms with E-state index in [9.17, 15) is 5.11 Å². The van der Waals surface area contributed by atoms with Crippen molar-refractivity contribution < 1.29 is 15.3 Å². The molecule has 0 aliphatic heterocycles. The second kappa shape index (κ2) is 6.07. The van der Waals surface area contributed by atoms with Gasteiger partial charge in [-0.05, 0) is 0 Å². The van der Waals surface area contributed by atoms with Gasteiger partial charge in [-0.2, -0.15) is 0 Å². The van der Waals surface area contributed by atoms with Crippen LogP contribution in [0.1, 0.15) is 6.42 Å². The molecule has 0 amide bonds. The van der Waals surface area contributed by atoms with Crippen LogP contribution in [0.5, 0.6) is 0 Å². The molecule has 0 bridgehead atoms. The van der Waals surface area contributed by atoms with Gasteiger partial charge in [0.05, 0.1) is 25.7 Å². The van der Waals surface area contributed by atoms with E-state index in [0.29, 0.717) is 6.42 Å². The fourth-order valence-electron chi connectivity index (χ4n) is 0.676. The van der Waals surface area contributed by atoms with Crippen molar-refractivity contribution in [1.82, 2.24) is 4.67 Å². The van der Waals surface area contributed by atoms with Gasteiger partial charge in [-0.15, -0.1) is 4.67 Å². The Hall–Kier alpha value is -0.670. The molecule has 64 valence electrons. The van der Waals surface area contributed by atoms with Crippen LogP contribution >= 0.6 is 0 Å². The highest BCUT2D eigenvalue weighted by Gasteiger charge is 2.17. The molecule has 0 aromatic carbocycles. The number of rotatable bonds is 5. The Balaban J connectivity index is 3.77. The zero-order valence-corrected chi connectivity index (χ0v) is 6.35. The second-order valence-corrected chi connectivity index (χ2v) is 2.29. The van der Waals surface area contributed by atoms with Gasteiger partial charge in [0.1, 0.15) is 0 Å². The van der Waals surface area contributed by atoms with Crippen LogP contribution in [0.25, 0.3) is 0 Å². The standard InChI is InChI=1S/C7H14NO3/c1-8-3-2-7(11)6(4-9)5-10/h3,6-7,9-11H,1-2,4-5H2/q+1. The Morgan fingerprint density at radius 1 is 1.36 bits per heavy atom. The Labute approximate surface area is 65.6 Å². The fourth-order valence-corrected chi connectivity index (χ4v) is 0.676. The fraction of sp³-hybridized carbons (Fsp3) is 0.714. The van der Waals surface area contributed by atoms with E-state index < -0.39 is 12.0 Å². The summed E-state index contributed by atoms with van der Waals surface area (Å²) in [4.78, 5) is 0. The smallest absolute Gasteiger partial charge is 0.270 e. The van der Waals surface area contributed by atoms with Crippen LogP contribution in [0.2, 0.25) is 0 Å². The van der Waals surface area contributed by atoms with Crippen molar-refractivity contribution in [3.63, 3.8) is 0 Å². The van der Waals surface area contributed by atoms with Gasteiger partial charge < -0.3 is 15.3 Å². The monoisotopic (exact) mass is 160 g/mol. The lowest BCUT2D eigenvalue weighted by Gasteiger charge is -2.14. The average molecular weight is 160 g/mol. The molecule has 0 fully saturated rings. The molecule has 0 saturated heterocycles. The van der Waals surface area contributed by atoms with Gasteiger partial charge in [0, 0.05) is 5.92 Å². The summed E-state index contributed by atoms with van der Waals surface area (Å²) in [6.07, 6.45) is 1.02. The molecule has 0 aromatic heterocycles. The zero-order chi connectivity index (χ0) is 8.69. The lowest BCUT2D eigenvalue weighted by atomic mass is 10.0. The minimum absolute atomic E-state index is 0.220. The average Bonchev–Trinajstić information content (AvgIpc) is 2.03. The van der Waals surface area contributed by atoms with Gasteiger partial charge in [0.2, 0.25) is 0 Å². The molecule has 4 heteroatoms. The summed E-state index contributed by atoms with van der Waals surface area (Å²) in [5.41, 5.74) is 0. The van der Waals surface area contributed by atoms with Crippen molar-refractivity contribution in [3.8, 4) is 0 Å². The second-order valence-electron chi connectivity index (χ2n) is 2.29. The molecule has 0 heterocycles. The van der Waals surface area contributed by atoms with E-state index in [0.717, 1.165) is 0 Å². The third-order valence-corrected chi connectivity index (χ3v) is 1.49. The number of aliphatic hydroxyl groups is 3. The lowest BCUT2D eigenvalue weighted by Crippen LogP contribution is -2.27. The summed E-state index contributed by atoms with van der Waals surface area (Å²) in [6, 6.07) is 0. The van der Waals surface area contributed by atoms with E-state index >= 15 is 0 Å². The third-order valence-electron chi connectivity index (χ3n) is 1.49. The van der Waals surface area contributed by atoms with Crippen molar-refractivity contribution in [3.05, 3.63) is 0 Å². The molecular formula is C7H14NO3+. The SMILES string of the molecule is C=[N+]=CCC(O)C(CO)CO. The Bertz CT molecular complexity index is 139. The minimum atomic E-state index is -0.740. The van der Waals surface area contributed by atoms with Gasteiger partial charge in [0.15, 0.2) is 0 Å². The third kappa shape index (κ3) is 3.91. The van der Waals surface area contributed by atoms with Crippen molar-refractivity contribution in [2.45, 2.75) is 12.5 Å². The van der Waals surface area contributed by atoms with Crippen molar-refractivity contribution in [1.29, 1.82) is 0 Å². The van der Waals surface area contributed by atoms with Crippen LogP contribution in [0.4, 0.5) is 0 Å². The van der Waals surface area contributed by atoms with Gasteiger partial charge in [0.25, 0.3) is 12.9 Å². The van der Waals surface area contributed by atoms with E-state index in [-0.39, 0.29) is 13.2 Å². The van der Waals surface area contributed by atoms with E-state index in [1.54, 1.807) is 0 Å². The quantitative estimate of drug-likeness (QED) is 0.327. The molecule has 0 spiro atoms. The van der Waals surface area contributed by atoms with Crippen LogP contribution in [-0.2, 0) is 0 Å². The highest BCUT2D eigenvalue weighted by Crippen LogP contribution is 2.03. The highest BCUT2D eigenvalue weighted by atomic mass is 16.3. The van der Waals surface area contributed by atoms with Crippen molar-refractivity contribution in [2.24, 2.45) is 5.92 Å². The summed E-state index contributed by atoms with van der Waals surface area (Å²) < 4.78 is 3.43. The number of aliphatic hydroxyl groups excluding tert-OH is 3. The van der Waals surface area contributed by atoms with Crippen LogP contribution in [0, 0.1) is 5.92 Å². The van der Waals surface area contributed by atoms with Gasteiger partial charge in [-0.25, -0.2) is 0 Å². The molecule has 0 aromatic rings. The van der Waals surface area contributed by atoms with E-state index in [4.69, 9.17) is 10.2 Å². The molecule has 1 atom stereocenters. The topological polar surface area (TPSA) is 74.8 Å². The molecular weight excluding hydrogens is 146 g/mol. The molecule has 0 rings (SSSR count). The summed E-state index contributed by atoms with van der Waals surface area (Å²) in [5, 5.41) is 26.4. The first-order valence-corrected chi connectivity index (χ1v) is 3.43. The maximum absolute atomic E-state index is 9.20. The Morgan fingerprint density at radius 3 is 2.27 bits per heavy atom. The molecule has 0 aliphatic carbocycles. The largest absolute Gasteiger partial charge is 0.396 e. The zero-order valence-electron chi connectivity index (χ0n) is 6.35. The van der Waals surface area contributed by atoms with Gasteiger partial charge in [-0.1, -0.05) is 0 Å². The number of nitrogens with zero attached hydrogens (tertiary/aromatic N) is 1. The Kier molecular flexibility index (Phi) is 5.70.